The Morgan fingerprint density at radius 3 is 2.65 bits per heavy atom. The van der Waals surface area contributed by atoms with Gasteiger partial charge in [0.25, 0.3) is 0 Å². The van der Waals surface area contributed by atoms with E-state index in [1.807, 2.05) is 36.4 Å². The van der Waals surface area contributed by atoms with Crippen LogP contribution in [-0.4, -0.2) is 18.6 Å². The molecule has 0 aliphatic carbocycles. The molecule has 0 saturated carbocycles. The van der Waals surface area contributed by atoms with E-state index in [1.54, 1.807) is 25.1 Å². The van der Waals surface area contributed by atoms with Crippen molar-refractivity contribution in [1.29, 1.82) is 0 Å². The summed E-state index contributed by atoms with van der Waals surface area (Å²) in [4.78, 5) is 24.5. The van der Waals surface area contributed by atoms with E-state index in [1.165, 1.54) is 0 Å². The summed E-state index contributed by atoms with van der Waals surface area (Å²) in [5, 5.41) is 5.92. The summed E-state index contributed by atoms with van der Waals surface area (Å²) >= 11 is 6.06. The molecule has 0 aromatic heterocycles. The van der Waals surface area contributed by atoms with Gasteiger partial charge in [0.05, 0.1) is 18.2 Å². The van der Waals surface area contributed by atoms with E-state index >= 15 is 0 Å². The molecular formula is C20H19ClN2O3. The number of halogens is 1. The number of allylic oxidation sites excluding steroid dienone is 1. The van der Waals surface area contributed by atoms with Crippen molar-refractivity contribution in [2.75, 3.05) is 6.61 Å². The van der Waals surface area contributed by atoms with Gasteiger partial charge in [-0.1, -0.05) is 54.1 Å². The highest BCUT2D eigenvalue weighted by atomic mass is 35.5. The largest absolute Gasteiger partial charge is 0.462 e. The lowest BCUT2D eigenvalue weighted by atomic mass is 9.95. The summed E-state index contributed by atoms with van der Waals surface area (Å²) in [6.45, 7) is 1.94. The number of rotatable bonds is 5. The topological polar surface area (TPSA) is 67.4 Å². The van der Waals surface area contributed by atoms with Crippen LogP contribution in [0.2, 0.25) is 5.02 Å². The average molecular weight is 371 g/mol. The van der Waals surface area contributed by atoms with Crippen molar-refractivity contribution >= 4 is 23.6 Å². The summed E-state index contributed by atoms with van der Waals surface area (Å²) in [6.07, 6.45) is 0.626. The number of hydrogen-bond acceptors (Lipinski definition) is 3. The highest BCUT2D eigenvalue weighted by molar-refractivity contribution is 6.30. The maximum Gasteiger partial charge on any atom is 0.338 e. The Kier molecular flexibility index (Phi) is 5.58. The Bertz CT molecular complexity index is 849. The molecule has 0 spiro atoms. The molecule has 0 radical (unpaired) electrons. The first-order valence-electron chi connectivity index (χ1n) is 8.29. The third-order valence-corrected chi connectivity index (χ3v) is 4.37. The van der Waals surface area contributed by atoms with Gasteiger partial charge in [-0.2, -0.15) is 0 Å². The fraction of sp³-hybridized carbons (Fsp3) is 0.200. The van der Waals surface area contributed by atoms with Gasteiger partial charge in [0.15, 0.2) is 0 Å². The minimum atomic E-state index is -0.605. The molecule has 0 saturated heterocycles. The fourth-order valence-electron chi connectivity index (χ4n) is 2.88. The highest BCUT2D eigenvalue weighted by Crippen LogP contribution is 2.29. The smallest absolute Gasteiger partial charge is 0.338 e. The molecule has 1 aliphatic rings. The molecule has 2 aromatic carbocycles. The molecule has 2 amide bonds. The molecule has 26 heavy (non-hydrogen) atoms. The summed E-state index contributed by atoms with van der Waals surface area (Å²) in [5.74, 6) is -0.462. The first kappa shape index (κ1) is 18.0. The first-order chi connectivity index (χ1) is 12.5. The van der Waals surface area contributed by atoms with Crippen LogP contribution in [0.1, 0.15) is 24.1 Å². The molecule has 6 heteroatoms. The van der Waals surface area contributed by atoms with Gasteiger partial charge in [-0.3, -0.25) is 0 Å². The predicted molar refractivity (Wildman–Crippen MR) is 99.7 cm³/mol. The van der Waals surface area contributed by atoms with Crippen molar-refractivity contribution in [3.05, 3.63) is 82.0 Å². The van der Waals surface area contributed by atoms with Crippen LogP contribution in [0.3, 0.4) is 0 Å². The van der Waals surface area contributed by atoms with Crippen LogP contribution in [0.4, 0.5) is 4.79 Å². The van der Waals surface area contributed by atoms with Gasteiger partial charge >= 0.3 is 12.0 Å². The quantitative estimate of drug-likeness (QED) is 0.787. The average Bonchev–Trinajstić information content (AvgIpc) is 2.62. The second kappa shape index (κ2) is 8.06. The SMILES string of the molecule is CC1=C(C(=O)OCCc2ccccc2)C(c2cccc(Cl)c2)NC(=O)N1. The van der Waals surface area contributed by atoms with Gasteiger partial charge in [-0.05, 0) is 30.2 Å². The molecule has 2 aromatic rings. The van der Waals surface area contributed by atoms with E-state index in [-0.39, 0.29) is 12.6 Å². The minimum absolute atomic E-state index is 0.260. The fourth-order valence-corrected chi connectivity index (χ4v) is 3.08. The van der Waals surface area contributed by atoms with Crippen molar-refractivity contribution in [3.8, 4) is 0 Å². The van der Waals surface area contributed by atoms with Crippen molar-refractivity contribution in [3.63, 3.8) is 0 Å². The van der Waals surface area contributed by atoms with Gasteiger partial charge in [0.1, 0.15) is 0 Å². The molecule has 5 nitrogen and oxygen atoms in total. The lowest BCUT2D eigenvalue weighted by molar-refractivity contribution is -0.139. The Morgan fingerprint density at radius 1 is 1.15 bits per heavy atom. The monoisotopic (exact) mass is 370 g/mol. The lowest BCUT2D eigenvalue weighted by Gasteiger charge is -2.28. The Hall–Kier alpha value is -2.79. The van der Waals surface area contributed by atoms with E-state index in [4.69, 9.17) is 16.3 Å². The molecular weight excluding hydrogens is 352 g/mol. The normalized spacial score (nSPS) is 16.7. The maximum absolute atomic E-state index is 12.7. The molecule has 3 rings (SSSR count). The van der Waals surface area contributed by atoms with Gasteiger partial charge in [0.2, 0.25) is 0 Å². The lowest BCUT2D eigenvalue weighted by Crippen LogP contribution is -2.45. The van der Waals surface area contributed by atoms with Gasteiger partial charge < -0.3 is 15.4 Å². The Morgan fingerprint density at radius 2 is 1.92 bits per heavy atom. The minimum Gasteiger partial charge on any atom is -0.462 e. The number of hydrogen-bond donors (Lipinski definition) is 2. The zero-order valence-corrected chi connectivity index (χ0v) is 15.0. The van der Waals surface area contributed by atoms with E-state index in [9.17, 15) is 9.59 Å². The van der Waals surface area contributed by atoms with Crippen molar-refractivity contribution in [2.45, 2.75) is 19.4 Å². The molecule has 0 fully saturated rings. The summed E-state index contributed by atoms with van der Waals surface area (Å²) in [5.41, 5.74) is 2.66. The maximum atomic E-state index is 12.7. The van der Waals surface area contributed by atoms with Crippen LogP contribution in [0.25, 0.3) is 0 Å². The molecule has 134 valence electrons. The number of carbonyl (C=O) groups is 2. The zero-order chi connectivity index (χ0) is 18.5. The van der Waals surface area contributed by atoms with Crippen LogP contribution in [0, 0.1) is 0 Å². The number of urea groups is 1. The Balaban J connectivity index is 1.76. The summed E-state index contributed by atoms with van der Waals surface area (Å²) in [6, 6.07) is 15.9. The number of amides is 2. The van der Waals surface area contributed by atoms with Crippen LogP contribution in [-0.2, 0) is 16.0 Å². The van der Waals surface area contributed by atoms with E-state index in [2.05, 4.69) is 10.6 Å². The standard InChI is InChI=1S/C20H19ClN2O3/c1-13-17(19(24)26-11-10-14-6-3-2-4-7-14)18(23-20(25)22-13)15-8-5-9-16(21)12-15/h2-9,12,18H,10-11H2,1H3,(H2,22,23,25). The second-order valence-corrected chi connectivity index (χ2v) is 6.43. The first-order valence-corrected chi connectivity index (χ1v) is 8.67. The zero-order valence-electron chi connectivity index (χ0n) is 14.3. The predicted octanol–water partition coefficient (Wildman–Crippen LogP) is 3.75. The number of benzene rings is 2. The molecule has 1 aliphatic heterocycles. The van der Waals surface area contributed by atoms with E-state index in [0.717, 1.165) is 11.1 Å². The van der Waals surface area contributed by atoms with Crippen LogP contribution in [0.5, 0.6) is 0 Å². The van der Waals surface area contributed by atoms with Crippen LogP contribution in [0.15, 0.2) is 65.9 Å². The molecule has 0 bridgehead atoms. The molecule has 1 heterocycles. The molecule has 1 unspecified atom stereocenters. The van der Waals surface area contributed by atoms with E-state index < -0.39 is 12.0 Å². The number of esters is 1. The van der Waals surface area contributed by atoms with E-state index in [0.29, 0.717) is 22.7 Å². The van der Waals surface area contributed by atoms with Crippen LogP contribution >= 0.6 is 11.6 Å². The molecule has 2 N–H and O–H groups in total. The van der Waals surface area contributed by atoms with Crippen molar-refractivity contribution in [2.24, 2.45) is 0 Å². The van der Waals surface area contributed by atoms with Gasteiger partial charge in [-0.15, -0.1) is 0 Å². The number of nitrogens with one attached hydrogen (secondary N) is 2. The number of ether oxygens (including phenoxy) is 1. The van der Waals surface area contributed by atoms with Crippen molar-refractivity contribution < 1.29 is 14.3 Å². The Labute approximate surface area is 157 Å². The third kappa shape index (κ3) is 4.24. The highest BCUT2D eigenvalue weighted by Gasteiger charge is 2.32. The summed E-state index contributed by atoms with van der Waals surface area (Å²) in [7, 11) is 0. The van der Waals surface area contributed by atoms with Crippen molar-refractivity contribution in [1.82, 2.24) is 10.6 Å². The number of carbonyl (C=O) groups excluding carboxylic acids is 2. The second-order valence-electron chi connectivity index (χ2n) is 6.00. The van der Waals surface area contributed by atoms with Gasteiger partial charge in [0, 0.05) is 17.1 Å². The molecule has 1 atom stereocenters. The van der Waals surface area contributed by atoms with Crippen LogP contribution < -0.4 is 10.6 Å². The summed E-state index contributed by atoms with van der Waals surface area (Å²) < 4.78 is 5.45. The van der Waals surface area contributed by atoms with Gasteiger partial charge in [-0.25, -0.2) is 9.59 Å². The third-order valence-electron chi connectivity index (χ3n) is 4.14.